The standard InChI is InChI=1S/C10H15N2O9P/c1-4-2-6(13)12(10(16)11-4)9-8(15)7(14)5(21-9)3-20-22(17,18)19/h2,5,7-9,14-15H,3H2,1H3,(H,11,16)(H2,17,18,19)/t5-,7-,8-,9-/m1/s1. The summed E-state index contributed by atoms with van der Waals surface area (Å²) < 4.78 is 20.5. The van der Waals surface area contributed by atoms with Gasteiger partial charge in [0.2, 0.25) is 0 Å². The zero-order valence-corrected chi connectivity index (χ0v) is 12.2. The lowest BCUT2D eigenvalue weighted by Crippen LogP contribution is -2.42. The van der Waals surface area contributed by atoms with E-state index in [1.165, 1.54) is 6.92 Å². The van der Waals surface area contributed by atoms with Gasteiger partial charge in [-0.3, -0.25) is 9.32 Å². The van der Waals surface area contributed by atoms with E-state index in [4.69, 9.17) is 14.5 Å². The molecule has 124 valence electrons. The molecule has 0 radical (unpaired) electrons. The van der Waals surface area contributed by atoms with Gasteiger partial charge in [0, 0.05) is 11.8 Å². The average Bonchev–Trinajstić information content (AvgIpc) is 2.63. The van der Waals surface area contributed by atoms with Crippen LogP contribution in [0.2, 0.25) is 0 Å². The SMILES string of the molecule is Cc1cc(=O)n([C@@H]2O[C@H](COP(=O)(O)O)[C@@H](O)[C@H]2O)c(=O)[nH]1. The molecule has 2 heterocycles. The highest BCUT2D eigenvalue weighted by molar-refractivity contribution is 7.46. The van der Waals surface area contributed by atoms with Gasteiger partial charge in [0.1, 0.15) is 18.3 Å². The number of aromatic amines is 1. The number of phosphoric ester groups is 1. The molecule has 0 unspecified atom stereocenters. The van der Waals surface area contributed by atoms with Gasteiger partial charge in [-0.1, -0.05) is 0 Å². The number of aliphatic hydroxyl groups is 2. The number of hydrogen-bond acceptors (Lipinski definition) is 7. The minimum Gasteiger partial charge on any atom is -0.387 e. The lowest BCUT2D eigenvalue weighted by molar-refractivity contribution is -0.0557. The number of aromatic nitrogens is 2. The smallest absolute Gasteiger partial charge is 0.387 e. The molecule has 4 atom stereocenters. The second kappa shape index (κ2) is 6.05. The number of aliphatic hydroxyl groups excluding tert-OH is 2. The molecule has 0 aromatic carbocycles. The summed E-state index contributed by atoms with van der Waals surface area (Å²) in [5.74, 6) is 0. The molecule has 0 saturated carbocycles. The highest BCUT2D eigenvalue weighted by atomic mass is 31.2. The summed E-state index contributed by atoms with van der Waals surface area (Å²) in [7, 11) is -4.79. The quantitative estimate of drug-likeness (QED) is 0.374. The molecule has 5 N–H and O–H groups in total. The topological polar surface area (TPSA) is 171 Å². The molecule has 1 aromatic rings. The third kappa shape index (κ3) is 3.52. The number of ether oxygens (including phenoxy) is 1. The molecule has 1 aliphatic heterocycles. The Morgan fingerprint density at radius 3 is 2.55 bits per heavy atom. The maximum Gasteiger partial charge on any atom is 0.469 e. The molecule has 11 nitrogen and oxygen atoms in total. The fourth-order valence-electron chi connectivity index (χ4n) is 2.11. The van der Waals surface area contributed by atoms with Crippen molar-refractivity contribution in [1.82, 2.24) is 9.55 Å². The van der Waals surface area contributed by atoms with Crippen LogP contribution in [0, 0.1) is 6.92 Å². The molecular weight excluding hydrogens is 323 g/mol. The van der Waals surface area contributed by atoms with Crippen LogP contribution in [0.4, 0.5) is 0 Å². The molecular formula is C10H15N2O9P. The van der Waals surface area contributed by atoms with Gasteiger partial charge in [-0.2, -0.15) is 0 Å². The molecule has 2 rings (SSSR count). The van der Waals surface area contributed by atoms with Crippen LogP contribution in [0.1, 0.15) is 11.9 Å². The fourth-order valence-corrected chi connectivity index (χ4v) is 2.45. The number of hydrogen-bond donors (Lipinski definition) is 5. The Morgan fingerprint density at radius 1 is 1.36 bits per heavy atom. The maximum atomic E-state index is 11.8. The van der Waals surface area contributed by atoms with Crippen molar-refractivity contribution in [1.29, 1.82) is 0 Å². The fraction of sp³-hybridized carbons (Fsp3) is 0.600. The largest absolute Gasteiger partial charge is 0.469 e. The van der Waals surface area contributed by atoms with E-state index >= 15 is 0 Å². The van der Waals surface area contributed by atoms with Gasteiger partial charge in [0.25, 0.3) is 5.56 Å². The van der Waals surface area contributed by atoms with Crippen LogP contribution >= 0.6 is 7.82 Å². The van der Waals surface area contributed by atoms with Gasteiger partial charge in [-0.15, -0.1) is 0 Å². The van der Waals surface area contributed by atoms with Crippen LogP contribution in [-0.4, -0.2) is 54.5 Å². The lowest BCUT2D eigenvalue weighted by Gasteiger charge is -2.16. The number of phosphoric acid groups is 1. The van der Waals surface area contributed by atoms with Gasteiger partial charge in [-0.25, -0.2) is 13.9 Å². The highest BCUT2D eigenvalue weighted by Gasteiger charge is 2.45. The van der Waals surface area contributed by atoms with Crippen molar-refractivity contribution in [2.75, 3.05) is 6.61 Å². The second-order valence-corrected chi connectivity index (χ2v) is 6.04. The van der Waals surface area contributed by atoms with Crippen molar-refractivity contribution in [3.05, 3.63) is 32.6 Å². The normalized spacial score (nSPS) is 29.0. The highest BCUT2D eigenvalue weighted by Crippen LogP contribution is 2.38. The number of H-pyrrole nitrogens is 1. The average molecular weight is 338 g/mol. The summed E-state index contributed by atoms with van der Waals surface area (Å²) in [6.07, 6.45) is -6.06. The van der Waals surface area contributed by atoms with Crippen molar-refractivity contribution in [2.45, 2.75) is 31.5 Å². The molecule has 1 saturated heterocycles. The molecule has 1 fully saturated rings. The van der Waals surface area contributed by atoms with Crippen molar-refractivity contribution in [3.8, 4) is 0 Å². The Hall–Kier alpha value is -1.33. The van der Waals surface area contributed by atoms with Crippen molar-refractivity contribution < 1.29 is 33.8 Å². The first-order chi connectivity index (χ1) is 10.1. The molecule has 0 spiro atoms. The van der Waals surface area contributed by atoms with E-state index < -0.39 is 50.2 Å². The van der Waals surface area contributed by atoms with E-state index in [0.29, 0.717) is 10.3 Å². The molecule has 0 bridgehead atoms. The number of nitrogens with zero attached hydrogens (tertiary/aromatic N) is 1. The Kier molecular flexibility index (Phi) is 4.68. The first-order valence-electron chi connectivity index (χ1n) is 6.14. The molecule has 1 aliphatic rings. The summed E-state index contributed by atoms with van der Waals surface area (Å²) >= 11 is 0. The zero-order valence-electron chi connectivity index (χ0n) is 11.3. The van der Waals surface area contributed by atoms with E-state index in [1.807, 2.05) is 0 Å². The molecule has 12 heteroatoms. The number of nitrogens with one attached hydrogen (secondary N) is 1. The summed E-state index contributed by atoms with van der Waals surface area (Å²) in [6, 6.07) is 1.10. The van der Waals surface area contributed by atoms with Gasteiger partial charge in [0.15, 0.2) is 6.23 Å². The van der Waals surface area contributed by atoms with Crippen LogP contribution in [-0.2, 0) is 13.8 Å². The minimum atomic E-state index is -4.79. The van der Waals surface area contributed by atoms with Crippen LogP contribution in [0.15, 0.2) is 15.7 Å². The van der Waals surface area contributed by atoms with Crippen LogP contribution in [0.25, 0.3) is 0 Å². The Morgan fingerprint density at radius 2 is 2.00 bits per heavy atom. The first kappa shape index (κ1) is 17.0. The predicted molar refractivity (Wildman–Crippen MR) is 70.0 cm³/mol. The van der Waals surface area contributed by atoms with Gasteiger partial charge < -0.3 is 29.7 Å². The van der Waals surface area contributed by atoms with Gasteiger partial charge in [-0.05, 0) is 6.92 Å². The monoisotopic (exact) mass is 338 g/mol. The zero-order chi connectivity index (χ0) is 16.7. The Bertz CT molecular complexity index is 676. The summed E-state index contributed by atoms with van der Waals surface area (Å²) in [6.45, 7) is 0.766. The molecule has 0 aliphatic carbocycles. The van der Waals surface area contributed by atoms with E-state index in [-0.39, 0.29) is 0 Å². The lowest BCUT2D eigenvalue weighted by atomic mass is 10.1. The van der Waals surface area contributed by atoms with Gasteiger partial charge in [0.05, 0.1) is 6.61 Å². The Labute approximate surface area is 123 Å². The van der Waals surface area contributed by atoms with E-state index in [9.17, 15) is 24.4 Å². The van der Waals surface area contributed by atoms with Crippen LogP contribution in [0.3, 0.4) is 0 Å². The van der Waals surface area contributed by atoms with E-state index in [1.54, 1.807) is 0 Å². The van der Waals surface area contributed by atoms with E-state index in [0.717, 1.165) is 6.07 Å². The molecule has 22 heavy (non-hydrogen) atoms. The van der Waals surface area contributed by atoms with Crippen LogP contribution < -0.4 is 11.2 Å². The van der Waals surface area contributed by atoms with Crippen molar-refractivity contribution in [2.24, 2.45) is 0 Å². The molecule has 1 aromatic heterocycles. The third-order valence-corrected chi connectivity index (χ3v) is 3.58. The third-order valence-electron chi connectivity index (χ3n) is 3.10. The summed E-state index contributed by atoms with van der Waals surface area (Å²) in [5, 5.41) is 19.7. The summed E-state index contributed by atoms with van der Waals surface area (Å²) in [5.41, 5.74) is -1.30. The van der Waals surface area contributed by atoms with Gasteiger partial charge >= 0.3 is 13.5 Å². The van der Waals surface area contributed by atoms with Crippen molar-refractivity contribution in [3.63, 3.8) is 0 Å². The van der Waals surface area contributed by atoms with E-state index in [2.05, 4.69) is 9.51 Å². The second-order valence-electron chi connectivity index (χ2n) is 4.80. The van der Waals surface area contributed by atoms with Crippen molar-refractivity contribution >= 4 is 7.82 Å². The maximum absolute atomic E-state index is 11.8. The summed E-state index contributed by atoms with van der Waals surface area (Å²) in [4.78, 5) is 43.2. The molecule has 0 amide bonds. The number of aryl methyl sites for hydroxylation is 1. The van der Waals surface area contributed by atoms with Crippen LogP contribution in [0.5, 0.6) is 0 Å². The predicted octanol–water partition coefficient (Wildman–Crippen LogP) is -2.43. The minimum absolute atomic E-state index is 0.306. The number of rotatable bonds is 4. The first-order valence-corrected chi connectivity index (χ1v) is 7.67. The Balaban J connectivity index is 2.26.